The van der Waals surface area contributed by atoms with Crippen LogP contribution in [0.3, 0.4) is 0 Å². The number of nitrogens with one attached hydrogen (secondary N) is 1. The van der Waals surface area contributed by atoms with Gasteiger partial charge in [-0.05, 0) is 55.0 Å². The van der Waals surface area contributed by atoms with E-state index in [1.165, 1.54) is 43.2 Å². The van der Waals surface area contributed by atoms with Gasteiger partial charge in [0.25, 0.3) is 0 Å². The van der Waals surface area contributed by atoms with Crippen LogP contribution in [0.4, 0.5) is 0 Å². The largest absolute Gasteiger partial charge is 0.312 e. The Labute approximate surface area is 169 Å². The monoisotopic (exact) mass is 373 g/mol. The van der Waals surface area contributed by atoms with E-state index >= 15 is 0 Å². The minimum atomic E-state index is 0.0862. The van der Waals surface area contributed by atoms with Crippen molar-refractivity contribution in [2.75, 3.05) is 6.54 Å². The summed E-state index contributed by atoms with van der Waals surface area (Å²) in [5.41, 5.74) is 4.60. The molecule has 146 valence electrons. The average Bonchev–Trinajstić information content (AvgIpc) is 3.04. The zero-order valence-electron chi connectivity index (χ0n) is 16.9. The van der Waals surface area contributed by atoms with Crippen LogP contribution in [0.15, 0.2) is 66.7 Å². The standard InChI is InChI=1S/C26H31NO/c1-19-10-15-24-23(9-6-16-26(19,24)2)18-27-17-20-11-13-22(14-12-20)25(28)21-7-4-3-5-8-21/h3-5,7-8,11-14,23-24,27H,1,6,9-10,15-18H2,2H3. The molecule has 2 heteroatoms. The average molecular weight is 374 g/mol. The van der Waals surface area contributed by atoms with E-state index in [4.69, 9.17) is 0 Å². The highest BCUT2D eigenvalue weighted by atomic mass is 16.1. The molecule has 0 heterocycles. The molecule has 2 aromatic rings. The second-order valence-corrected chi connectivity index (χ2v) is 8.84. The fourth-order valence-corrected chi connectivity index (χ4v) is 5.42. The first-order valence-corrected chi connectivity index (χ1v) is 10.7. The number of hydrogen-bond donors (Lipinski definition) is 1. The molecule has 0 spiro atoms. The van der Waals surface area contributed by atoms with Gasteiger partial charge < -0.3 is 5.32 Å². The lowest BCUT2D eigenvalue weighted by atomic mass is 9.63. The van der Waals surface area contributed by atoms with Gasteiger partial charge in [0.2, 0.25) is 0 Å². The predicted octanol–water partition coefficient (Wildman–Crippen LogP) is 5.78. The molecule has 0 bridgehead atoms. The zero-order chi connectivity index (χ0) is 19.6. The molecular formula is C26H31NO. The normalized spacial score (nSPS) is 26.8. The molecule has 2 aromatic carbocycles. The Morgan fingerprint density at radius 2 is 1.79 bits per heavy atom. The first kappa shape index (κ1) is 19.1. The summed E-state index contributed by atoms with van der Waals surface area (Å²) in [4.78, 5) is 12.5. The molecule has 28 heavy (non-hydrogen) atoms. The molecule has 0 radical (unpaired) electrons. The van der Waals surface area contributed by atoms with E-state index in [2.05, 4.69) is 31.0 Å². The highest BCUT2D eigenvalue weighted by Gasteiger charge is 2.47. The maximum absolute atomic E-state index is 12.5. The third kappa shape index (κ3) is 3.71. The topological polar surface area (TPSA) is 29.1 Å². The van der Waals surface area contributed by atoms with Crippen molar-refractivity contribution < 1.29 is 4.79 Å². The molecule has 0 aliphatic heterocycles. The summed E-state index contributed by atoms with van der Waals surface area (Å²) in [7, 11) is 0. The van der Waals surface area contributed by atoms with Crippen molar-refractivity contribution in [3.05, 3.63) is 83.4 Å². The van der Waals surface area contributed by atoms with Crippen molar-refractivity contribution >= 4 is 5.78 Å². The van der Waals surface area contributed by atoms with Gasteiger partial charge in [-0.3, -0.25) is 4.79 Å². The number of carbonyl (C=O) groups excluding carboxylic acids is 1. The first-order valence-electron chi connectivity index (χ1n) is 10.7. The molecule has 1 N–H and O–H groups in total. The minimum Gasteiger partial charge on any atom is -0.312 e. The third-order valence-corrected chi connectivity index (χ3v) is 7.21. The van der Waals surface area contributed by atoms with Crippen LogP contribution in [0.2, 0.25) is 0 Å². The van der Waals surface area contributed by atoms with Gasteiger partial charge in [0.15, 0.2) is 5.78 Å². The van der Waals surface area contributed by atoms with Crippen molar-refractivity contribution in [2.45, 2.75) is 45.6 Å². The van der Waals surface area contributed by atoms with E-state index in [1.54, 1.807) is 0 Å². The number of rotatable bonds is 6. The molecule has 2 fully saturated rings. The number of benzene rings is 2. The van der Waals surface area contributed by atoms with Crippen LogP contribution in [0.1, 0.15) is 60.5 Å². The van der Waals surface area contributed by atoms with Crippen LogP contribution in [0, 0.1) is 17.3 Å². The van der Waals surface area contributed by atoms with E-state index in [0.29, 0.717) is 5.41 Å². The summed E-state index contributed by atoms with van der Waals surface area (Å²) in [6, 6.07) is 17.5. The summed E-state index contributed by atoms with van der Waals surface area (Å²) >= 11 is 0. The number of allylic oxidation sites excluding steroid dienone is 1. The molecule has 0 aromatic heterocycles. The number of fused-ring (bicyclic) bond motifs is 1. The highest BCUT2D eigenvalue weighted by molar-refractivity contribution is 6.08. The predicted molar refractivity (Wildman–Crippen MR) is 115 cm³/mol. The molecule has 2 aliphatic carbocycles. The van der Waals surface area contributed by atoms with E-state index in [9.17, 15) is 4.79 Å². The summed E-state index contributed by atoms with van der Waals surface area (Å²) in [6.45, 7) is 8.76. The molecule has 4 rings (SSSR count). The number of carbonyl (C=O) groups is 1. The molecule has 0 amide bonds. The molecule has 0 saturated heterocycles. The van der Waals surface area contributed by atoms with E-state index < -0.39 is 0 Å². The smallest absolute Gasteiger partial charge is 0.193 e. The van der Waals surface area contributed by atoms with Gasteiger partial charge >= 0.3 is 0 Å². The van der Waals surface area contributed by atoms with Crippen LogP contribution < -0.4 is 5.32 Å². The second-order valence-electron chi connectivity index (χ2n) is 8.84. The van der Waals surface area contributed by atoms with Crippen LogP contribution >= 0.6 is 0 Å². The maximum atomic E-state index is 12.5. The van der Waals surface area contributed by atoms with Gasteiger partial charge in [0.1, 0.15) is 0 Å². The Hall–Kier alpha value is -2.19. The highest BCUT2D eigenvalue weighted by Crippen LogP contribution is 2.56. The lowest BCUT2D eigenvalue weighted by Crippen LogP contribution is -2.38. The number of ketones is 1. The van der Waals surface area contributed by atoms with Crippen molar-refractivity contribution in [1.82, 2.24) is 5.32 Å². The lowest BCUT2D eigenvalue weighted by Gasteiger charge is -2.42. The summed E-state index contributed by atoms with van der Waals surface area (Å²) in [6.07, 6.45) is 6.52. The Bertz CT molecular complexity index is 838. The van der Waals surface area contributed by atoms with Crippen molar-refractivity contribution in [3.63, 3.8) is 0 Å². The Morgan fingerprint density at radius 3 is 2.54 bits per heavy atom. The zero-order valence-corrected chi connectivity index (χ0v) is 16.9. The summed E-state index contributed by atoms with van der Waals surface area (Å²) in [5, 5.41) is 3.68. The Balaban J connectivity index is 1.32. The van der Waals surface area contributed by atoms with E-state index in [0.717, 1.165) is 36.1 Å². The molecule has 2 nitrogen and oxygen atoms in total. The molecule has 3 unspecified atom stereocenters. The molecule has 2 aliphatic rings. The first-order chi connectivity index (χ1) is 13.6. The van der Waals surface area contributed by atoms with Crippen molar-refractivity contribution in [2.24, 2.45) is 17.3 Å². The SMILES string of the molecule is C=C1CCC2C(CNCc3ccc(C(=O)c4ccccc4)cc3)CCCC12C. The van der Waals surface area contributed by atoms with Gasteiger partial charge in [-0.1, -0.05) is 80.1 Å². The van der Waals surface area contributed by atoms with Crippen LogP contribution in [-0.2, 0) is 6.54 Å². The second kappa shape index (κ2) is 8.05. The Morgan fingerprint density at radius 1 is 1.07 bits per heavy atom. The molecule has 2 saturated carbocycles. The summed E-state index contributed by atoms with van der Waals surface area (Å²) in [5.74, 6) is 1.65. The van der Waals surface area contributed by atoms with Crippen LogP contribution in [0.25, 0.3) is 0 Å². The molecule has 3 atom stereocenters. The lowest BCUT2D eigenvalue weighted by molar-refractivity contribution is 0.103. The van der Waals surface area contributed by atoms with Gasteiger partial charge in [0.05, 0.1) is 0 Å². The minimum absolute atomic E-state index is 0.0862. The molecular weight excluding hydrogens is 342 g/mol. The fraction of sp³-hybridized carbons (Fsp3) is 0.423. The fourth-order valence-electron chi connectivity index (χ4n) is 5.42. The van der Waals surface area contributed by atoms with E-state index in [-0.39, 0.29) is 5.78 Å². The quantitative estimate of drug-likeness (QED) is 0.514. The van der Waals surface area contributed by atoms with Gasteiger partial charge in [-0.25, -0.2) is 0 Å². The number of hydrogen-bond acceptors (Lipinski definition) is 2. The van der Waals surface area contributed by atoms with Crippen LogP contribution in [0.5, 0.6) is 0 Å². The van der Waals surface area contributed by atoms with Gasteiger partial charge in [0, 0.05) is 17.7 Å². The van der Waals surface area contributed by atoms with E-state index in [1.807, 2.05) is 42.5 Å². The van der Waals surface area contributed by atoms with Gasteiger partial charge in [-0.2, -0.15) is 0 Å². The van der Waals surface area contributed by atoms with Crippen LogP contribution in [-0.4, -0.2) is 12.3 Å². The Kier molecular flexibility index (Phi) is 5.50. The van der Waals surface area contributed by atoms with Gasteiger partial charge in [-0.15, -0.1) is 0 Å². The third-order valence-electron chi connectivity index (χ3n) is 7.21. The summed E-state index contributed by atoms with van der Waals surface area (Å²) < 4.78 is 0. The van der Waals surface area contributed by atoms with Crippen molar-refractivity contribution in [1.29, 1.82) is 0 Å². The van der Waals surface area contributed by atoms with Crippen molar-refractivity contribution in [3.8, 4) is 0 Å². The maximum Gasteiger partial charge on any atom is 0.193 e.